The van der Waals surface area contributed by atoms with Crippen molar-refractivity contribution < 1.29 is 8.42 Å². The molecular weight excluding hydrogens is 282 g/mol. The molecule has 21 heavy (non-hydrogen) atoms. The molecule has 1 aliphatic rings. The number of nitrogens with one attached hydrogen (secondary N) is 1. The summed E-state index contributed by atoms with van der Waals surface area (Å²) in [6, 6.07) is 0. The van der Waals surface area contributed by atoms with Crippen LogP contribution in [0.4, 0.5) is 0 Å². The Kier molecular flexibility index (Phi) is 8.25. The first kappa shape index (κ1) is 19.0. The zero-order valence-electron chi connectivity index (χ0n) is 14.3. The first-order valence-electron chi connectivity index (χ1n) is 8.88. The van der Waals surface area contributed by atoms with Gasteiger partial charge in [-0.25, -0.2) is 8.42 Å². The van der Waals surface area contributed by atoms with E-state index in [0.29, 0.717) is 5.75 Å². The van der Waals surface area contributed by atoms with Crippen molar-refractivity contribution in [3.05, 3.63) is 0 Å². The molecule has 1 aliphatic carbocycles. The Bertz CT molecular complexity index is 370. The van der Waals surface area contributed by atoms with Crippen LogP contribution < -0.4 is 5.32 Å². The maximum absolute atomic E-state index is 11.8. The highest BCUT2D eigenvalue weighted by Crippen LogP contribution is 2.43. The standard InChI is InChI=1S/C17H35NO2S/c1-4-7-8-16-9-11-17(12-10-16,15-18-5-2)13-14-21(19,20)6-3/h16,18H,4-15H2,1-3H3. The Morgan fingerprint density at radius 2 is 1.81 bits per heavy atom. The number of hydrogen-bond donors (Lipinski definition) is 1. The summed E-state index contributed by atoms with van der Waals surface area (Å²) in [6.07, 6.45) is 9.82. The molecule has 1 rings (SSSR count). The van der Waals surface area contributed by atoms with E-state index >= 15 is 0 Å². The smallest absolute Gasteiger partial charge is 0.150 e. The summed E-state index contributed by atoms with van der Waals surface area (Å²) in [5.74, 6) is 1.53. The Hall–Kier alpha value is -0.0900. The summed E-state index contributed by atoms with van der Waals surface area (Å²) >= 11 is 0. The monoisotopic (exact) mass is 317 g/mol. The second kappa shape index (κ2) is 9.14. The maximum Gasteiger partial charge on any atom is 0.150 e. The lowest BCUT2D eigenvalue weighted by molar-refractivity contribution is 0.135. The Morgan fingerprint density at radius 3 is 2.33 bits per heavy atom. The molecule has 0 aromatic rings. The van der Waals surface area contributed by atoms with Crippen LogP contribution in [0.5, 0.6) is 0 Å². The van der Waals surface area contributed by atoms with E-state index in [1.54, 1.807) is 6.92 Å². The lowest BCUT2D eigenvalue weighted by Crippen LogP contribution is -2.39. The van der Waals surface area contributed by atoms with E-state index in [4.69, 9.17) is 0 Å². The highest BCUT2D eigenvalue weighted by Gasteiger charge is 2.35. The minimum atomic E-state index is -2.84. The third kappa shape index (κ3) is 6.68. The van der Waals surface area contributed by atoms with Crippen molar-refractivity contribution in [3.63, 3.8) is 0 Å². The molecule has 126 valence electrons. The highest BCUT2D eigenvalue weighted by atomic mass is 32.2. The van der Waals surface area contributed by atoms with Gasteiger partial charge in [0.15, 0.2) is 0 Å². The normalized spacial score (nSPS) is 26.9. The van der Waals surface area contributed by atoms with Crippen LogP contribution in [0.1, 0.15) is 72.1 Å². The summed E-state index contributed by atoms with van der Waals surface area (Å²) in [5, 5.41) is 3.48. The number of hydrogen-bond acceptors (Lipinski definition) is 3. The van der Waals surface area contributed by atoms with E-state index in [2.05, 4.69) is 19.2 Å². The second-order valence-corrected chi connectivity index (χ2v) is 9.33. The molecule has 0 saturated heterocycles. The van der Waals surface area contributed by atoms with E-state index < -0.39 is 9.84 Å². The van der Waals surface area contributed by atoms with Gasteiger partial charge in [-0.15, -0.1) is 0 Å². The predicted molar refractivity (Wildman–Crippen MR) is 91.4 cm³/mol. The first-order chi connectivity index (χ1) is 9.97. The SMILES string of the molecule is CCCCC1CCC(CCS(=O)(=O)CC)(CNCC)CC1. The van der Waals surface area contributed by atoms with Gasteiger partial charge in [-0.2, -0.15) is 0 Å². The van der Waals surface area contributed by atoms with Crippen LogP contribution in [-0.2, 0) is 9.84 Å². The summed E-state index contributed by atoms with van der Waals surface area (Å²) in [5.41, 5.74) is 0.223. The molecule has 0 aliphatic heterocycles. The number of sulfone groups is 1. The zero-order chi connectivity index (χ0) is 15.8. The molecule has 0 aromatic heterocycles. The Balaban J connectivity index is 2.56. The molecule has 3 nitrogen and oxygen atoms in total. The predicted octanol–water partition coefficient (Wildman–Crippen LogP) is 3.79. The largest absolute Gasteiger partial charge is 0.316 e. The Labute approximate surface area is 132 Å². The van der Waals surface area contributed by atoms with Gasteiger partial charge in [-0.05, 0) is 50.0 Å². The van der Waals surface area contributed by atoms with Crippen LogP contribution in [0.15, 0.2) is 0 Å². The van der Waals surface area contributed by atoms with Gasteiger partial charge in [-0.3, -0.25) is 0 Å². The van der Waals surface area contributed by atoms with E-state index in [0.717, 1.165) is 25.4 Å². The second-order valence-electron chi connectivity index (χ2n) is 6.85. The first-order valence-corrected chi connectivity index (χ1v) is 10.7. The molecule has 0 bridgehead atoms. The van der Waals surface area contributed by atoms with Crippen molar-refractivity contribution in [2.24, 2.45) is 11.3 Å². The average molecular weight is 318 g/mol. The molecule has 0 amide bonds. The molecule has 1 N–H and O–H groups in total. The third-order valence-corrected chi connectivity index (χ3v) is 6.97. The lowest BCUT2D eigenvalue weighted by Gasteiger charge is -2.41. The minimum absolute atomic E-state index is 0.223. The van der Waals surface area contributed by atoms with Gasteiger partial charge in [0.05, 0.1) is 5.75 Å². The molecule has 1 fully saturated rings. The summed E-state index contributed by atoms with van der Waals surface area (Å²) in [6.45, 7) is 8.11. The van der Waals surface area contributed by atoms with Crippen LogP contribution in [-0.4, -0.2) is 33.0 Å². The van der Waals surface area contributed by atoms with Gasteiger partial charge >= 0.3 is 0 Å². The zero-order valence-corrected chi connectivity index (χ0v) is 15.1. The third-order valence-electron chi connectivity index (χ3n) is 5.26. The summed E-state index contributed by atoms with van der Waals surface area (Å²) in [7, 11) is -2.84. The van der Waals surface area contributed by atoms with Crippen LogP contribution >= 0.6 is 0 Å². The number of unbranched alkanes of at least 4 members (excludes halogenated alkanes) is 1. The molecular formula is C17H35NO2S. The van der Waals surface area contributed by atoms with E-state index in [9.17, 15) is 8.42 Å². The van der Waals surface area contributed by atoms with Gasteiger partial charge in [0.25, 0.3) is 0 Å². The summed E-state index contributed by atoms with van der Waals surface area (Å²) in [4.78, 5) is 0. The highest BCUT2D eigenvalue weighted by molar-refractivity contribution is 7.91. The lowest BCUT2D eigenvalue weighted by atomic mass is 9.68. The quantitative estimate of drug-likeness (QED) is 0.667. The van der Waals surface area contributed by atoms with Crippen LogP contribution in [0.2, 0.25) is 0 Å². The van der Waals surface area contributed by atoms with Gasteiger partial charge in [0, 0.05) is 12.3 Å². The van der Waals surface area contributed by atoms with E-state index in [1.165, 1.54) is 44.9 Å². The van der Waals surface area contributed by atoms with Gasteiger partial charge in [0.1, 0.15) is 9.84 Å². The van der Waals surface area contributed by atoms with Crippen LogP contribution in [0.3, 0.4) is 0 Å². The van der Waals surface area contributed by atoms with Crippen LogP contribution in [0.25, 0.3) is 0 Å². The van der Waals surface area contributed by atoms with Gasteiger partial charge < -0.3 is 5.32 Å². The van der Waals surface area contributed by atoms with Crippen molar-refractivity contribution in [1.82, 2.24) is 5.32 Å². The fourth-order valence-electron chi connectivity index (χ4n) is 3.49. The van der Waals surface area contributed by atoms with Gasteiger partial charge in [0.2, 0.25) is 0 Å². The van der Waals surface area contributed by atoms with Crippen LogP contribution in [0, 0.1) is 11.3 Å². The molecule has 1 saturated carbocycles. The van der Waals surface area contributed by atoms with Crippen molar-refractivity contribution >= 4 is 9.84 Å². The molecule has 0 radical (unpaired) electrons. The summed E-state index contributed by atoms with van der Waals surface area (Å²) < 4.78 is 23.7. The Morgan fingerprint density at radius 1 is 1.14 bits per heavy atom. The average Bonchev–Trinajstić information content (AvgIpc) is 2.50. The number of rotatable bonds is 10. The van der Waals surface area contributed by atoms with Crippen molar-refractivity contribution in [1.29, 1.82) is 0 Å². The molecule has 0 atom stereocenters. The molecule has 4 heteroatoms. The minimum Gasteiger partial charge on any atom is -0.316 e. The molecule has 0 aromatic carbocycles. The fourth-order valence-corrected chi connectivity index (χ4v) is 4.53. The molecule has 0 heterocycles. The molecule has 0 spiro atoms. The topological polar surface area (TPSA) is 46.2 Å². The van der Waals surface area contributed by atoms with E-state index in [-0.39, 0.29) is 11.2 Å². The van der Waals surface area contributed by atoms with Crippen molar-refractivity contribution in [2.45, 2.75) is 72.1 Å². The van der Waals surface area contributed by atoms with Crippen molar-refractivity contribution in [2.75, 3.05) is 24.6 Å². The van der Waals surface area contributed by atoms with Crippen molar-refractivity contribution in [3.8, 4) is 0 Å². The molecule has 0 unspecified atom stereocenters. The van der Waals surface area contributed by atoms with Gasteiger partial charge in [-0.1, -0.05) is 40.0 Å². The maximum atomic E-state index is 11.8. The fraction of sp³-hybridized carbons (Fsp3) is 1.00. The van der Waals surface area contributed by atoms with E-state index in [1.807, 2.05) is 0 Å².